The van der Waals surface area contributed by atoms with Crippen LogP contribution in [-0.4, -0.2) is 48.7 Å². The molecule has 4 nitrogen and oxygen atoms in total. The molecule has 0 aliphatic carbocycles. The Hall–Kier alpha value is -0.610. The van der Waals surface area contributed by atoms with Crippen molar-refractivity contribution in [2.24, 2.45) is 5.92 Å². The van der Waals surface area contributed by atoms with E-state index in [1.807, 2.05) is 0 Å². The summed E-state index contributed by atoms with van der Waals surface area (Å²) in [7, 11) is 0. The van der Waals surface area contributed by atoms with Crippen molar-refractivity contribution < 1.29 is 9.53 Å². The lowest BCUT2D eigenvalue weighted by Crippen LogP contribution is -2.45. The van der Waals surface area contributed by atoms with E-state index in [1.165, 1.54) is 25.7 Å². The molecular formula is C17H30N2O2. The van der Waals surface area contributed by atoms with Gasteiger partial charge in [-0.3, -0.25) is 4.79 Å². The molecule has 3 saturated heterocycles. The topological polar surface area (TPSA) is 41.6 Å². The monoisotopic (exact) mass is 294 g/mol. The number of likely N-dealkylation sites (tertiary alicyclic amines) is 1. The summed E-state index contributed by atoms with van der Waals surface area (Å²) in [5, 5.41) is 3.66. The van der Waals surface area contributed by atoms with Crippen LogP contribution in [0.2, 0.25) is 0 Å². The summed E-state index contributed by atoms with van der Waals surface area (Å²) in [4.78, 5) is 14.6. The highest BCUT2D eigenvalue weighted by Gasteiger charge is 2.35. The maximum atomic E-state index is 12.6. The van der Waals surface area contributed by atoms with Gasteiger partial charge in [0, 0.05) is 38.2 Å². The minimum Gasteiger partial charge on any atom is -0.376 e. The van der Waals surface area contributed by atoms with Crippen LogP contribution in [0.25, 0.3) is 0 Å². The second kappa shape index (κ2) is 7.10. The number of hydrogen-bond acceptors (Lipinski definition) is 3. The minimum atomic E-state index is 0.270. The second-order valence-corrected chi connectivity index (χ2v) is 7.15. The highest BCUT2D eigenvalue weighted by Crippen LogP contribution is 2.33. The van der Waals surface area contributed by atoms with Crippen LogP contribution in [0.4, 0.5) is 0 Å². The van der Waals surface area contributed by atoms with E-state index in [-0.39, 0.29) is 6.10 Å². The summed E-state index contributed by atoms with van der Waals surface area (Å²) in [6.45, 7) is 4.71. The van der Waals surface area contributed by atoms with Crippen molar-refractivity contribution in [3.63, 3.8) is 0 Å². The molecule has 120 valence electrons. The number of rotatable bonds is 5. The molecule has 1 N–H and O–H groups in total. The number of piperidine rings is 2. The standard InChI is InChI=1S/C17H30N2O2/c1-2-8-21-16-4-3-7-19(12-16)17(20)11-13-9-14-5-6-15(10-13)18-14/h13-16,18H,2-12H2,1H3. The van der Waals surface area contributed by atoms with Crippen molar-refractivity contribution in [1.82, 2.24) is 10.2 Å². The molecule has 4 heteroatoms. The largest absolute Gasteiger partial charge is 0.376 e. The van der Waals surface area contributed by atoms with Gasteiger partial charge in [0.1, 0.15) is 0 Å². The van der Waals surface area contributed by atoms with E-state index in [1.54, 1.807) is 0 Å². The molecule has 1 amide bonds. The van der Waals surface area contributed by atoms with Crippen LogP contribution in [0, 0.1) is 5.92 Å². The molecule has 3 unspecified atom stereocenters. The molecule has 0 radical (unpaired) electrons. The fourth-order valence-electron chi connectivity index (χ4n) is 4.30. The van der Waals surface area contributed by atoms with E-state index in [0.29, 0.717) is 23.9 Å². The molecule has 0 aromatic heterocycles. The number of amides is 1. The van der Waals surface area contributed by atoms with Gasteiger partial charge in [-0.2, -0.15) is 0 Å². The Morgan fingerprint density at radius 1 is 1.24 bits per heavy atom. The molecule has 2 bridgehead atoms. The van der Waals surface area contributed by atoms with Gasteiger partial charge < -0.3 is 15.0 Å². The van der Waals surface area contributed by atoms with Crippen LogP contribution in [0.5, 0.6) is 0 Å². The molecule has 3 fully saturated rings. The maximum Gasteiger partial charge on any atom is 0.222 e. The number of carbonyl (C=O) groups is 1. The number of nitrogens with zero attached hydrogens (tertiary/aromatic N) is 1. The quantitative estimate of drug-likeness (QED) is 0.846. The molecule has 3 aliphatic heterocycles. The van der Waals surface area contributed by atoms with Crippen molar-refractivity contribution in [1.29, 1.82) is 0 Å². The van der Waals surface area contributed by atoms with E-state index in [4.69, 9.17) is 4.74 Å². The third-order valence-electron chi connectivity index (χ3n) is 5.32. The van der Waals surface area contributed by atoms with Crippen molar-refractivity contribution in [2.45, 2.75) is 76.5 Å². The van der Waals surface area contributed by atoms with Crippen LogP contribution in [0.15, 0.2) is 0 Å². The van der Waals surface area contributed by atoms with Crippen LogP contribution in [0.3, 0.4) is 0 Å². The van der Waals surface area contributed by atoms with E-state index >= 15 is 0 Å². The SMILES string of the molecule is CCCOC1CCCN(C(=O)CC2CC3CCC(C2)N3)C1. The minimum absolute atomic E-state index is 0.270. The zero-order chi connectivity index (χ0) is 14.7. The Morgan fingerprint density at radius 2 is 2.00 bits per heavy atom. The van der Waals surface area contributed by atoms with Gasteiger partial charge in [0.05, 0.1) is 6.10 Å². The normalized spacial score (nSPS) is 36.0. The maximum absolute atomic E-state index is 12.6. The van der Waals surface area contributed by atoms with Gasteiger partial charge in [0.2, 0.25) is 5.91 Å². The summed E-state index contributed by atoms with van der Waals surface area (Å²) < 4.78 is 5.84. The average molecular weight is 294 g/mol. The average Bonchev–Trinajstić information content (AvgIpc) is 2.84. The first-order valence-corrected chi connectivity index (χ1v) is 8.90. The highest BCUT2D eigenvalue weighted by molar-refractivity contribution is 5.76. The molecule has 0 aromatic carbocycles. The van der Waals surface area contributed by atoms with Gasteiger partial charge in [-0.15, -0.1) is 0 Å². The number of nitrogens with one attached hydrogen (secondary N) is 1. The molecular weight excluding hydrogens is 264 g/mol. The highest BCUT2D eigenvalue weighted by atomic mass is 16.5. The molecule has 0 aromatic rings. The lowest BCUT2D eigenvalue weighted by molar-refractivity contribution is -0.136. The summed E-state index contributed by atoms with van der Waals surface area (Å²) in [6, 6.07) is 1.37. The van der Waals surface area contributed by atoms with Crippen LogP contribution < -0.4 is 5.32 Å². The number of carbonyl (C=O) groups excluding carboxylic acids is 1. The van der Waals surface area contributed by atoms with E-state index < -0.39 is 0 Å². The molecule has 3 atom stereocenters. The lowest BCUT2D eigenvalue weighted by Gasteiger charge is -2.35. The predicted octanol–water partition coefficient (Wildman–Crippen LogP) is 2.32. The predicted molar refractivity (Wildman–Crippen MR) is 83.1 cm³/mol. The van der Waals surface area contributed by atoms with Crippen molar-refractivity contribution >= 4 is 5.91 Å². The number of hydrogen-bond donors (Lipinski definition) is 1. The zero-order valence-corrected chi connectivity index (χ0v) is 13.4. The third kappa shape index (κ3) is 3.98. The number of ether oxygens (including phenoxy) is 1. The first-order valence-electron chi connectivity index (χ1n) is 8.90. The lowest BCUT2D eigenvalue weighted by atomic mass is 9.89. The van der Waals surface area contributed by atoms with Crippen LogP contribution in [0.1, 0.15) is 58.3 Å². The smallest absolute Gasteiger partial charge is 0.222 e. The van der Waals surface area contributed by atoms with Gasteiger partial charge in [-0.25, -0.2) is 0 Å². The Labute approximate surface area is 128 Å². The summed E-state index contributed by atoms with van der Waals surface area (Å²) in [5.74, 6) is 0.972. The second-order valence-electron chi connectivity index (χ2n) is 7.15. The molecule has 21 heavy (non-hydrogen) atoms. The molecule has 0 spiro atoms. The fraction of sp³-hybridized carbons (Fsp3) is 0.941. The third-order valence-corrected chi connectivity index (χ3v) is 5.32. The van der Waals surface area contributed by atoms with Gasteiger partial charge in [-0.05, 0) is 50.9 Å². The van der Waals surface area contributed by atoms with Crippen LogP contribution in [-0.2, 0) is 9.53 Å². The first kappa shape index (κ1) is 15.3. The summed E-state index contributed by atoms with van der Waals surface area (Å²) >= 11 is 0. The van der Waals surface area contributed by atoms with E-state index in [2.05, 4.69) is 17.1 Å². The van der Waals surface area contributed by atoms with Gasteiger partial charge in [-0.1, -0.05) is 6.92 Å². The van der Waals surface area contributed by atoms with E-state index in [9.17, 15) is 4.79 Å². The van der Waals surface area contributed by atoms with Crippen molar-refractivity contribution in [3.8, 4) is 0 Å². The summed E-state index contributed by atoms with van der Waals surface area (Å²) in [6.07, 6.45) is 9.32. The zero-order valence-electron chi connectivity index (χ0n) is 13.4. The molecule has 3 heterocycles. The van der Waals surface area contributed by atoms with E-state index in [0.717, 1.165) is 45.4 Å². The van der Waals surface area contributed by atoms with Gasteiger partial charge in [0.25, 0.3) is 0 Å². The number of fused-ring (bicyclic) bond motifs is 2. The Kier molecular flexibility index (Phi) is 5.17. The van der Waals surface area contributed by atoms with Crippen LogP contribution >= 0.6 is 0 Å². The molecule has 0 saturated carbocycles. The fourth-order valence-corrected chi connectivity index (χ4v) is 4.30. The Bertz CT molecular complexity index is 349. The Morgan fingerprint density at radius 3 is 2.71 bits per heavy atom. The Balaban J connectivity index is 1.46. The molecule has 3 rings (SSSR count). The summed E-state index contributed by atoms with van der Waals surface area (Å²) in [5.41, 5.74) is 0. The van der Waals surface area contributed by atoms with Crippen molar-refractivity contribution in [3.05, 3.63) is 0 Å². The van der Waals surface area contributed by atoms with Gasteiger partial charge >= 0.3 is 0 Å². The van der Waals surface area contributed by atoms with Gasteiger partial charge in [0.15, 0.2) is 0 Å². The molecule has 3 aliphatic rings. The first-order chi connectivity index (χ1) is 10.2. The van der Waals surface area contributed by atoms with Crippen molar-refractivity contribution in [2.75, 3.05) is 19.7 Å².